The van der Waals surface area contributed by atoms with Crippen molar-refractivity contribution in [3.05, 3.63) is 0 Å². The van der Waals surface area contributed by atoms with Gasteiger partial charge < -0.3 is 29.5 Å². The molecule has 3 N–H and O–H groups in total. The number of carbonyl (C=O) groups is 1. The second kappa shape index (κ2) is 4.03. The van der Waals surface area contributed by atoms with E-state index in [-0.39, 0.29) is 0 Å². The predicted octanol–water partition coefficient (Wildman–Crippen LogP) is -2.63. The van der Waals surface area contributed by atoms with Gasteiger partial charge in [0.25, 0.3) is 0 Å². The third-order valence-electron chi connectivity index (χ3n) is 2.42. The molecule has 0 aliphatic carbocycles. The molecule has 7 heteroatoms. The second-order valence-electron chi connectivity index (χ2n) is 3.44. The maximum absolute atomic E-state index is 10.9. The first-order valence-electron chi connectivity index (χ1n) is 4.59. The molecule has 0 spiro atoms. The van der Waals surface area contributed by atoms with E-state index in [4.69, 9.17) is 14.6 Å². The molecule has 2 rings (SSSR count). The summed E-state index contributed by atoms with van der Waals surface area (Å²) in [4.78, 5) is 10.9. The van der Waals surface area contributed by atoms with Crippen molar-refractivity contribution < 1.29 is 34.3 Å². The minimum atomic E-state index is -1.62. The van der Waals surface area contributed by atoms with Crippen LogP contribution in [0.3, 0.4) is 0 Å². The molecule has 2 heterocycles. The third kappa shape index (κ3) is 1.84. The van der Waals surface area contributed by atoms with Crippen molar-refractivity contribution in [2.75, 3.05) is 13.2 Å². The van der Waals surface area contributed by atoms with E-state index < -0.39 is 36.7 Å². The smallest absolute Gasteiger partial charge is 0.338 e. The summed E-state index contributed by atoms with van der Waals surface area (Å²) in [6.07, 6.45) is -6.52. The molecule has 0 amide bonds. The average Bonchev–Trinajstić information content (AvgIpc) is 2.82. The quantitative estimate of drug-likeness (QED) is 0.437. The van der Waals surface area contributed by atoms with Crippen LogP contribution in [0.1, 0.15) is 0 Å². The van der Waals surface area contributed by atoms with Gasteiger partial charge in [0.2, 0.25) is 0 Å². The Morgan fingerprint density at radius 2 is 1.87 bits per heavy atom. The number of esters is 1. The monoisotopic (exact) mass is 220 g/mol. The molecule has 2 saturated heterocycles. The minimum absolute atomic E-state index is 0.334. The summed E-state index contributed by atoms with van der Waals surface area (Å²) in [7, 11) is 0. The van der Waals surface area contributed by atoms with E-state index in [0.29, 0.717) is 13.2 Å². The summed E-state index contributed by atoms with van der Waals surface area (Å²) in [6, 6.07) is 0. The highest BCUT2D eigenvalue weighted by molar-refractivity contribution is 5.77. The van der Waals surface area contributed by atoms with Gasteiger partial charge in [-0.1, -0.05) is 0 Å². The highest BCUT2D eigenvalue weighted by atomic mass is 16.7. The van der Waals surface area contributed by atoms with Crippen molar-refractivity contribution in [3.8, 4) is 0 Å². The Labute approximate surface area is 85.2 Å². The lowest BCUT2D eigenvalue weighted by Gasteiger charge is -2.23. The van der Waals surface area contributed by atoms with Crippen molar-refractivity contribution in [2.45, 2.75) is 30.7 Å². The zero-order chi connectivity index (χ0) is 11.0. The maximum atomic E-state index is 10.9. The van der Waals surface area contributed by atoms with Crippen LogP contribution in [-0.2, 0) is 19.0 Å². The molecule has 4 atom stereocenters. The van der Waals surface area contributed by atoms with E-state index in [2.05, 4.69) is 4.74 Å². The Bertz CT molecular complexity index is 249. The van der Waals surface area contributed by atoms with Gasteiger partial charge in [0.1, 0.15) is 12.2 Å². The maximum Gasteiger partial charge on any atom is 0.338 e. The topological polar surface area (TPSA) is 105 Å². The Morgan fingerprint density at radius 3 is 2.33 bits per heavy atom. The number of carbonyl (C=O) groups excluding carboxylic acids is 1. The number of hydrogen-bond donors (Lipinski definition) is 3. The Balaban J connectivity index is 2.01. The number of aliphatic hydroxyl groups is 3. The molecule has 0 aromatic heterocycles. The largest absolute Gasteiger partial charge is 0.454 e. The Morgan fingerprint density at radius 1 is 1.27 bits per heavy atom. The van der Waals surface area contributed by atoms with E-state index in [9.17, 15) is 15.0 Å². The van der Waals surface area contributed by atoms with Crippen LogP contribution in [-0.4, -0.2) is 65.2 Å². The molecular weight excluding hydrogens is 208 g/mol. The van der Waals surface area contributed by atoms with Gasteiger partial charge >= 0.3 is 5.97 Å². The zero-order valence-corrected chi connectivity index (χ0v) is 7.78. The van der Waals surface area contributed by atoms with Crippen molar-refractivity contribution in [3.63, 3.8) is 0 Å². The molecular formula is C8H12O7. The van der Waals surface area contributed by atoms with Crippen LogP contribution in [0.25, 0.3) is 0 Å². The van der Waals surface area contributed by atoms with Crippen LogP contribution in [0.4, 0.5) is 0 Å². The standard InChI is InChI=1S/C8H12O7/c9-3-4(10)7(12)15-6(3)5(11)8-13-1-2-14-8/h3-6,8-11H,1-2H2/t3-,4+,5-,6+/m1/s1. The molecule has 2 aliphatic heterocycles. The molecule has 2 aliphatic rings. The lowest BCUT2D eigenvalue weighted by atomic mass is 10.1. The summed E-state index contributed by atoms with van der Waals surface area (Å²) in [5.41, 5.74) is 0. The molecule has 0 aromatic carbocycles. The van der Waals surface area contributed by atoms with Crippen LogP contribution < -0.4 is 0 Å². The lowest BCUT2D eigenvalue weighted by Crippen LogP contribution is -2.45. The van der Waals surface area contributed by atoms with E-state index in [1.807, 2.05) is 0 Å². The summed E-state index contributed by atoms with van der Waals surface area (Å²) < 4.78 is 14.6. The molecule has 0 aromatic rings. The molecule has 15 heavy (non-hydrogen) atoms. The summed E-state index contributed by atoms with van der Waals surface area (Å²) in [6.45, 7) is 0.669. The number of rotatable bonds is 2. The van der Waals surface area contributed by atoms with Crippen LogP contribution in [0.2, 0.25) is 0 Å². The van der Waals surface area contributed by atoms with Crippen LogP contribution in [0.5, 0.6) is 0 Å². The Hall–Kier alpha value is -0.730. The molecule has 2 fully saturated rings. The fourth-order valence-corrected chi connectivity index (χ4v) is 1.59. The second-order valence-corrected chi connectivity index (χ2v) is 3.44. The van der Waals surface area contributed by atoms with Crippen LogP contribution >= 0.6 is 0 Å². The third-order valence-corrected chi connectivity index (χ3v) is 2.42. The van der Waals surface area contributed by atoms with E-state index >= 15 is 0 Å². The molecule has 86 valence electrons. The van der Waals surface area contributed by atoms with E-state index in [1.165, 1.54) is 0 Å². The Kier molecular flexibility index (Phi) is 2.89. The predicted molar refractivity (Wildman–Crippen MR) is 43.6 cm³/mol. The van der Waals surface area contributed by atoms with Crippen molar-refractivity contribution in [1.82, 2.24) is 0 Å². The number of aliphatic hydroxyl groups excluding tert-OH is 3. The number of cyclic esters (lactones) is 1. The molecule has 0 bridgehead atoms. The molecule has 7 nitrogen and oxygen atoms in total. The first-order chi connectivity index (χ1) is 7.11. The number of ether oxygens (including phenoxy) is 3. The summed E-state index contributed by atoms with van der Waals surface area (Å²) >= 11 is 0. The van der Waals surface area contributed by atoms with Gasteiger partial charge in [-0.3, -0.25) is 0 Å². The van der Waals surface area contributed by atoms with Crippen molar-refractivity contribution in [2.24, 2.45) is 0 Å². The van der Waals surface area contributed by atoms with Gasteiger partial charge in [-0.2, -0.15) is 0 Å². The van der Waals surface area contributed by atoms with E-state index in [1.54, 1.807) is 0 Å². The summed E-state index contributed by atoms with van der Waals surface area (Å²) in [5, 5.41) is 28.2. The van der Waals surface area contributed by atoms with Crippen LogP contribution in [0.15, 0.2) is 0 Å². The molecule has 0 radical (unpaired) electrons. The highest BCUT2D eigenvalue weighted by Gasteiger charge is 2.49. The lowest BCUT2D eigenvalue weighted by molar-refractivity contribution is -0.177. The van der Waals surface area contributed by atoms with Crippen LogP contribution in [0, 0.1) is 0 Å². The van der Waals surface area contributed by atoms with Gasteiger partial charge in [-0.15, -0.1) is 0 Å². The van der Waals surface area contributed by atoms with Gasteiger partial charge in [0, 0.05) is 0 Å². The minimum Gasteiger partial charge on any atom is -0.454 e. The van der Waals surface area contributed by atoms with Gasteiger partial charge in [-0.25, -0.2) is 4.79 Å². The summed E-state index contributed by atoms with van der Waals surface area (Å²) in [5.74, 6) is -0.954. The number of hydrogen-bond acceptors (Lipinski definition) is 7. The van der Waals surface area contributed by atoms with Gasteiger partial charge in [-0.05, 0) is 0 Å². The fraction of sp³-hybridized carbons (Fsp3) is 0.875. The first-order valence-corrected chi connectivity index (χ1v) is 4.59. The van der Waals surface area contributed by atoms with E-state index in [0.717, 1.165) is 0 Å². The highest BCUT2D eigenvalue weighted by Crippen LogP contribution is 2.23. The fourth-order valence-electron chi connectivity index (χ4n) is 1.59. The van der Waals surface area contributed by atoms with Crippen molar-refractivity contribution >= 4 is 5.97 Å². The zero-order valence-electron chi connectivity index (χ0n) is 7.78. The first kappa shape index (κ1) is 10.8. The van der Waals surface area contributed by atoms with Crippen molar-refractivity contribution in [1.29, 1.82) is 0 Å². The molecule has 0 unspecified atom stereocenters. The van der Waals surface area contributed by atoms with Gasteiger partial charge in [0.05, 0.1) is 13.2 Å². The van der Waals surface area contributed by atoms with Gasteiger partial charge in [0.15, 0.2) is 18.5 Å². The molecule has 0 saturated carbocycles. The average molecular weight is 220 g/mol. The SMILES string of the molecule is O=C1O[C@H]([C@@H](O)C2OCCO2)[C@H](O)[C@@H]1O. The normalized spacial score (nSPS) is 39.4.